The first-order valence-electron chi connectivity index (χ1n) is 9.18. The number of unbranched alkanes of at least 4 members (excludes halogenated alkanes) is 2. The highest BCUT2D eigenvalue weighted by atomic mass is 32.2. The fourth-order valence-electron chi connectivity index (χ4n) is 2.67. The van der Waals surface area contributed by atoms with Crippen LogP contribution in [0.5, 0.6) is 0 Å². The van der Waals surface area contributed by atoms with Gasteiger partial charge in [-0.2, -0.15) is 0 Å². The zero-order chi connectivity index (χ0) is 19.9. The van der Waals surface area contributed by atoms with E-state index in [9.17, 15) is 13.2 Å². The Balaban J connectivity index is 1.70. The van der Waals surface area contributed by atoms with E-state index in [0.717, 1.165) is 36.1 Å². The van der Waals surface area contributed by atoms with Crippen LogP contribution in [0.2, 0.25) is 0 Å². The van der Waals surface area contributed by atoms with Crippen molar-refractivity contribution in [2.24, 2.45) is 0 Å². The third-order valence-electron chi connectivity index (χ3n) is 4.44. The molecular weight excluding hydrogens is 360 g/mol. The van der Waals surface area contributed by atoms with Crippen molar-refractivity contribution in [2.75, 3.05) is 18.9 Å². The van der Waals surface area contributed by atoms with Crippen molar-refractivity contribution in [1.29, 1.82) is 0 Å². The predicted molar refractivity (Wildman–Crippen MR) is 109 cm³/mol. The molecule has 2 aromatic carbocycles. The molecule has 0 unspecified atom stereocenters. The minimum Gasteiger partial charge on any atom is -0.326 e. The van der Waals surface area contributed by atoms with Gasteiger partial charge in [-0.3, -0.25) is 4.79 Å². The number of carbonyl (C=O) groups excluding carboxylic acids is 1. The number of hydrogen-bond acceptors (Lipinski definition) is 3. The van der Waals surface area contributed by atoms with Gasteiger partial charge in [0.1, 0.15) is 0 Å². The van der Waals surface area contributed by atoms with Crippen molar-refractivity contribution >= 4 is 21.6 Å². The largest absolute Gasteiger partial charge is 0.326 e. The lowest BCUT2D eigenvalue weighted by Gasteiger charge is -2.17. The van der Waals surface area contributed by atoms with E-state index in [1.807, 2.05) is 38.1 Å². The number of hydrogen-bond donors (Lipinski definition) is 1. The smallest absolute Gasteiger partial charge is 0.242 e. The van der Waals surface area contributed by atoms with Crippen LogP contribution in [0.25, 0.3) is 0 Å². The summed E-state index contributed by atoms with van der Waals surface area (Å²) in [5.41, 5.74) is 2.98. The fraction of sp³-hybridized carbons (Fsp3) is 0.381. The Morgan fingerprint density at radius 1 is 0.889 bits per heavy atom. The van der Waals surface area contributed by atoms with Crippen LogP contribution >= 0.6 is 0 Å². The first-order chi connectivity index (χ1) is 12.8. The standard InChI is InChI=1S/C21H28N2O3S/c1-17-8-12-19(13-9-17)22-21(24)7-5-4-6-16-23(3)27(25,26)20-14-10-18(2)11-15-20/h8-15H,4-7,16H2,1-3H3,(H,22,24). The van der Waals surface area contributed by atoms with E-state index in [0.29, 0.717) is 17.9 Å². The molecule has 0 bridgehead atoms. The molecule has 146 valence electrons. The number of amides is 1. The molecule has 0 fully saturated rings. The van der Waals surface area contributed by atoms with E-state index in [4.69, 9.17) is 0 Å². The maximum absolute atomic E-state index is 12.5. The summed E-state index contributed by atoms with van der Waals surface area (Å²) in [5.74, 6) is -0.0144. The molecule has 0 heterocycles. The van der Waals surface area contributed by atoms with Crippen LogP contribution in [0.3, 0.4) is 0 Å². The number of benzene rings is 2. The second kappa shape index (κ2) is 9.67. The summed E-state index contributed by atoms with van der Waals surface area (Å²) in [6.45, 7) is 4.37. The molecule has 0 atom stereocenters. The Kier molecular flexibility index (Phi) is 7.56. The second-order valence-electron chi connectivity index (χ2n) is 6.86. The van der Waals surface area contributed by atoms with E-state index in [2.05, 4.69) is 5.32 Å². The first-order valence-corrected chi connectivity index (χ1v) is 10.6. The van der Waals surface area contributed by atoms with Crippen molar-refractivity contribution in [3.05, 3.63) is 59.7 Å². The molecule has 0 saturated heterocycles. The molecular formula is C21H28N2O3S. The van der Waals surface area contributed by atoms with Crippen LogP contribution in [-0.2, 0) is 14.8 Å². The highest BCUT2D eigenvalue weighted by Gasteiger charge is 2.19. The zero-order valence-electron chi connectivity index (χ0n) is 16.2. The summed E-state index contributed by atoms with van der Waals surface area (Å²) < 4.78 is 26.4. The van der Waals surface area contributed by atoms with Crippen LogP contribution in [0.1, 0.15) is 36.8 Å². The summed E-state index contributed by atoms with van der Waals surface area (Å²) in [6.07, 6.45) is 2.69. The van der Waals surface area contributed by atoms with Gasteiger partial charge in [0.05, 0.1) is 4.90 Å². The van der Waals surface area contributed by atoms with Crippen LogP contribution in [-0.4, -0.2) is 32.2 Å². The molecule has 2 rings (SSSR count). The molecule has 0 saturated carbocycles. The molecule has 1 amide bonds. The number of anilines is 1. The Hall–Kier alpha value is -2.18. The van der Waals surface area contributed by atoms with Crippen LogP contribution < -0.4 is 5.32 Å². The van der Waals surface area contributed by atoms with Gasteiger partial charge in [0.15, 0.2) is 0 Å². The quantitative estimate of drug-likeness (QED) is 0.657. The van der Waals surface area contributed by atoms with Crippen molar-refractivity contribution < 1.29 is 13.2 Å². The van der Waals surface area contributed by atoms with Gasteiger partial charge in [0.2, 0.25) is 15.9 Å². The van der Waals surface area contributed by atoms with Gasteiger partial charge < -0.3 is 5.32 Å². The molecule has 1 N–H and O–H groups in total. The van der Waals surface area contributed by atoms with Crippen LogP contribution in [0.15, 0.2) is 53.4 Å². The number of carbonyl (C=O) groups is 1. The van der Waals surface area contributed by atoms with Crippen LogP contribution in [0.4, 0.5) is 5.69 Å². The number of nitrogens with zero attached hydrogens (tertiary/aromatic N) is 1. The van der Waals surface area contributed by atoms with Gasteiger partial charge in [0.25, 0.3) is 0 Å². The van der Waals surface area contributed by atoms with Gasteiger partial charge in [-0.1, -0.05) is 41.8 Å². The first kappa shape index (κ1) is 21.1. The summed E-state index contributed by atoms with van der Waals surface area (Å²) in [5, 5.41) is 2.87. The van der Waals surface area contributed by atoms with E-state index in [-0.39, 0.29) is 5.91 Å². The van der Waals surface area contributed by atoms with E-state index >= 15 is 0 Å². The number of rotatable bonds is 9. The Morgan fingerprint density at radius 3 is 2.04 bits per heavy atom. The summed E-state index contributed by atoms with van der Waals surface area (Å²) in [6, 6.07) is 14.6. The zero-order valence-corrected chi connectivity index (χ0v) is 17.1. The number of aryl methyl sites for hydroxylation is 2. The monoisotopic (exact) mass is 388 g/mol. The lowest BCUT2D eigenvalue weighted by molar-refractivity contribution is -0.116. The van der Waals surface area contributed by atoms with Gasteiger partial charge in [0, 0.05) is 25.7 Å². The third-order valence-corrected chi connectivity index (χ3v) is 6.31. The summed E-state index contributed by atoms with van der Waals surface area (Å²) in [7, 11) is -1.85. The lowest BCUT2D eigenvalue weighted by Crippen LogP contribution is -2.28. The molecule has 0 spiro atoms. The lowest BCUT2D eigenvalue weighted by atomic mass is 10.2. The Bertz CT molecular complexity index is 844. The van der Waals surface area contributed by atoms with E-state index < -0.39 is 10.0 Å². The number of nitrogens with one attached hydrogen (secondary N) is 1. The van der Waals surface area contributed by atoms with Gasteiger partial charge in [-0.15, -0.1) is 0 Å². The average molecular weight is 389 g/mol. The molecule has 27 heavy (non-hydrogen) atoms. The molecule has 2 aromatic rings. The van der Waals surface area contributed by atoms with Gasteiger partial charge in [-0.25, -0.2) is 12.7 Å². The van der Waals surface area contributed by atoms with Gasteiger partial charge >= 0.3 is 0 Å². The average Bonchev–Trinajstić information content (AvgIpc) is 2.63. The minimum absolute atomic E-state index is 0.0144. The van der Waals surface area contributed by atoms with Crippen molar-refractivity contribution in [1.82, 2.24) is 4.31 Å². The second-order valence-corrected chi connectivity index (χ2v) is 8.91. The van der Waals surface area contributed by atoms with E-state index in [1.54, 1.807) is 31.3 Å². The molecule has 0 aliphatic rings. The minimum atomic E-state index is -3.45. The fourth-order valence-corrected chi connectivity index (χ4v) is 3.88. The highest BCUT2D eigenvalue weighted by molar-refractivity contribution is 7.89. The van der Waals surface area contributed by atoms with Crippen LogP contribution in [0, 0.1) is 13.8 Å². The van der Waals surface area contributed by atoms with Crippen molar-refractivity contribution in [2.45, 2.75) is 44.4 Å². The molecule has 5 nitrogen and oxygen atoms in total. The Morgan fingerprint density at radius 2 is 1.44 bits per heavy atom. The summed E-state index contributed by atoms with van der Waals surface area (Å²) >= 11 is 0. The van der Waals surface area contributed by atoms with Gasteiger partial charge in [-0.05, 0) is 51.0 Å². The van der Waals surface area contributed by atoms with Crippen molar-refractivity contribution in [3.8, 4) is 0 Å². The topological polar surface area (TPSA) is 66.5 Å². The SMILES string of the molecule is Cc1ccc(NC(=O)CCCCCN(C)S(=O)(=O)c2ccc(C)cc2)cc1. The Labute approximate surface area is 162 Å². The highest BCUT2D eigenvalue weighted by Crippen LogP contribution is 2.16. The van der Waals surface area contributed by atoms with E-state index in [1.165, 1.54) is 4.31 Å². The maximum atomic E-state index is 12.5. The normalized spacial score (nSPS) is 11.6. The molecule has 0 aliphatic heterocycles. The predicted octanol–water partition coefficient (Wildman–Crippen LogP) is 4.12. The number of sulfonamides is 1. The molecule has 0 aromatic heterocycles. The molecule has 0 aliphatic carbocycles. The third kappa shape index (κ3) is 6.48. The van der Waals surface area contributed by atoms with Crippen molar-refractivity contribution in [3.63, 3.8) is 0 Å². The maximum Gasteiger partial charge on any atom is 0.242 e. The summed E-state index contributed by atoms with van der Waals surface area (Å²) in [4.78, 5) is 12.3. The molecule has 0 radical (unpaired) electrons. The molecule has 6 heteroatoms.